The summed E-state index contributed by atoms with van der Waals surface area (Å²) in [5.41, 5.74) is 2.77. The highest BCUT2D eigenvalue weighted by atomic mass is 19.1. The second-order valence-corrected chi connectivity index (χ2v) is 7.45. The average Bonchev–Trinajstić information content (AvgIpc) is 3.16. The van der Waals surface area contributed by atoms with E-state index in [4.69, 9.17) is 0 Å². The lowest BCUT2D eigenvalue weighted by Gasteiger charge is -2.37. The van der Waals surface area contributed by atoms with E-state index >= 15 is 0 Å². The lowest BCUT2D eigenvalue weighted by Crippen LogP contribution is -2.54. The molecule has 1 N–H and O–H groups in total. The Morgan fingerprint density at radius 1 is 1.14 bits per heavy atom. The van der Waals surface area contributed by atoms with E-state index in [1.807, 2.05) is 6.07 Å². The van der Waals surface area contributed by atoms with Crippen LogP contribution in [0.25, 0.3) is 27.9 Å². The van der Waals surface area contributed by atoms with Crippen molar-refractivity contribution < 1.29 is 4.39 Å². The molecule has 1 aliphatic heterocycles. The smallest absolute Gasteiger partial charge is 0.196 e. The fourth-order valence-corrected chi connectivity index (χ4v) is 3.91. The van der Waals surface area contributed by atoms with Gasteiger partial charge in [0, 0.05) is 54.2 Å². The third-order valence-electron chi connectivity index (χ3n) is 5.09. The zero-order chi connectivity index (χ0) is 19.3. The summed E-state index contributed by atoms with van der Waals surface area (Å²) in [7, 11) is 0. The normalized spacial score (nSPS) is 20.2. The largest absolute Gasteiger partial charge is 0.368 e. The molecule has 1 aromatic carbocycles. The fraction of sp³-hybridized carbons (Fsp3) is 0.300. The molecule has 0 unspecified atom stereocenters. The van der Waals surface area contributed by atoms with Gasteiger partial charge in [-0.1, -0.05) is 0 Å². The predicted octanol–water partition coefficient (Wildman–Crippen LogP) is 2.67. The molecule has 1 aliphatic rings. The van der Waals surface area contributed by atoms with Gasteiger partial charge < -0.3 is 10.2 Å². The van der Waals surface area contributed by atoms with Crippen molar-refractivity contribution in [2.75, 3.05) is 18.0 Å². The van der Waals surface area contributed by atoms with Crippen molar-refractivity contribution in [3.63, 3.8) is 0 Å². The molecule has 8 heteroatoms. The monoisotopic (exact) mass is 377 g/mol. The number of nitrogens with one attached hydrogen (secondary N) is 1. The molecule has 4 aromatic rings. The minimum Gasteiger partial charge on any atom is -0.368 e. The van der Waals surface area contributed by atoms with Crippen molar-refractivity contribution in [2.24, 2.45) is 0 Å². The summed E-state index contributed by atoms with van der Waals surface area (Å²) in [6.07, 6.45) is 4.99. The van der Waals surface area contributed by atoms with Crippen LogP contribution >= 0.6 is 0 Å². The fourth-order valence-electron chi connectivity index (χ4n) is 3.91. The number of hydrogen-bond donors (Lipinski definition) is 1. The first kappa shape index (κ1) is 17.0. The van der Waals surface area contributed by atoms with Crippen molar-refractivity contribution in [3.05, 3.63) is 48.8 Å². The highest BCUT2D eigenvalue weighted by Gasteiger charge is 2.21. The Morgan fingerprint density at radius 3 is 2.79 bits per heavy atom. The Balaban J connectivity index is 1.51. The van der Waals surface area contributed by atoms with Crippen LogP contribution in [0.5, 0.6) is 0 Å². The van der Waals surface area contributed by atoms with Crippen molar-refractivity contribution in [2.45, 2.75) is 25.9 Å². The zero-order valence-corrected chi connectivity index (χ0v) is 15.7. The van der Waals surface area contributed by atoms with Gasteiger partial charge in [0.05, 0.1) is 5.52 Å². The van der Waals surface area contributed by atoms with Crippen LogP contribution in [-0.4, -0.2) is 49.7 Å². The molecule has 142 valence electrons. The highest BCUT2D eigenvalue weighted by molar-refractivity contribution is 5.83. The van der Waals surface area contributed by atoms with Crippen LogP contribution in [0.15, 0.2) is 43.0 Å². The maximum Gasteiger partial charge on any atom is 0.196 e. The first-order chi connectivity index (χ1) is 13.6. The van der Waals surface area contributed by atoms with Crippen LogP contribution in [0, 0.1) is 5.82 Å². The van der Waals surface area contributed by atoms with Crippen LogP contribution in [0.1, 0.15) is 13.8 Å². The number of piperazine rings is 1. The van der Waals surface area contributed by atoms with Crippen LogP contribution < -0.4 is 10.2 Å². The summed E-state index contributed by atoms with van der Waals surface area (Å²) in [4.78, 5) is 11.5. The van der Waals surface area contributed by atoms with Gasteiger partial charge in [-0.15, -0.1) is 10.2 Å². The number of nitrogens with zero attached hydrogens (tertiary/aromatic N) is 6. The van der Waals surface area contributed by atoms with Gasteiger partial charge >= 0.3 is 0 Å². The second-order valence-electron chi connectivity index (χ2n) is 7.45. The average molecular weight is 377 g/mol. The van der Waals surface area contributed by atoms with Gasteiger partial charge in [0.25, 0.3) is 0 Å². The van der Waals surface area contributed by atoms with Gasteiger partial charge in [-0.3, -0.25) is 4.40 Å². The summed E-state index contributed by atoms with van der Waals surface area (Å²) >= 11 is 0. The number of benzene rings is 1. The summed E-state index contributed by atoms with van der Waals surface area (Å²) in [6, 6.07) is 8.49. The van der Waals surface area contributed by atoms with E-state index in [2.05, 4.69) is 56.4 Å². The maximum atomic E-state index is 14.2. The molecule has 1 fully saturated rings. The van der Waals surface area contributed by atoms with Gasteiger partial charge in [-0.2, -0.15) is 0 Å². The van der Waals surface area contributed by atoms with Gasteiger partial charge in [-0.25, -0.2) is 14.4 Å². The number of pyridine rings is 1. The van der Waals surface area contributed by atoms with Crippen LogP contribution in [0.2, 0.25) is 0 Å². The molecular formula is C20H20FN7. The molecule has 0 amide bonds. The van der Waals surface area contributed by atoms with Crippen LogP contribution in [0.4, 0.5) is 10.1 Å². The SMILES string of the molecule is C[C@@H]1CN(c2ccc3nc(-c4cc(F)c5nncn5c4)ncc3c2)C[C@@H](C)N1. The number of fused-ring (bicyclic) bond motifs is 2. The molecule has 3 aromatic heterocycles. The van der Waals surface area contributed by atoms with Gasteiger partial charge in [0.15, 0.2) is 17.3 Å². The number of hydrogen-bond acceptors (Lipinski definition) is 6. The number of halogens is 1. The maximum absolute atomic E-state index is 14.2. The third-order valence-corrected chi connectivity index (χ3v) is 5.09. The van der Waals surface area contributed by atoms with E-state index < -0.39 is 5.82 Å². The molecule has 4 heterocycles. The molecule has 0 spiro atoms. The van der Waals surface area contributed by atoms with E-state index in [-0.39, 0.29) is 5.65 Å². The Kier molecular flexibility index (Phi) is 3.94. The lowest BCUT2D eigenvalue weighted by molar-refractivity contribution is 0.407. The summed E-state index contributed by atoms with van der Waals surface area (Å²) in [6.45, 7) is 6.33. The predicted molar refractivity (Wildman–Crippen MR) is 106 cm³/mol. The summed E-state index contributed by atoms with van der Waals surface area (Å²) < 4.78 is 15.7. The van der Waals surface area contributed by atoms with Crippen molar-refractivity contribution in [3.8, 4) is 11.4 Å². The molecule has 0 radical (unpaired) electrons. The van der Waals surface area contributed by atoms with E-state index in [0.717, 1.165) is 24.0 Å². The first-order valence-electron chi connectivity index (χ1n) is 9.34. The Hall–Kier alpha value is -3.13. The molecule has 0 bridgehead atoms. The number of rotatable bonds is 2. The standard InChI is InChI=1S/C20H20FN7/c1-12-8-27(9-13(2)24-12)16-3-4-18-14(5-16)7-22-19(25-18)15-6-17(21)20-26-23-11-28(20)10-15/h3-7,10-13,24H,8-9H2,1-2H3/t12-,13-/m1/s1. The van der Waals surface area contributed by atoms with Gasteiger partial charge in [0.2, 0.25) is 0 Å². The number of anilines is 1. The van der Waals surface area contributed by atoms with E-state index in [9.17, 15) is 4.39 Å². The molecule has 1 saturated heterocycles. The molecule has 0 aliphatic carbocycles. The van der Waals surface area contributed by atoms with Crippen molar-refractivity contribution >= 4 is 22.2 Å². The van der Waals surface area contributed by atoms with Gasteiger partial charge in [0.1, 0.15) is 6.33 Å². The lowest BCUT2D eigenvalue weighted by atomic mass is 10.1. The molecule has 2 atom stereocenters. The summed E-state index contributed by atoms with van der Waals surface area (Å²) in [5.74, 6) is 0.0233. The quantitative estimate of drug-likeness (QED) is 0.579. The highest BCUT2D eigenvalue weighted by Crippen LogP contribution is 2.25. The van der Waals surface area contributed by atoms with Crippen LogP contribution in [0.3, 0.4) is 0 Å². The minimum atomic E-state index is -0.448. The minimum absolute atomic E-state index is 0.189. The Labute approximate surface area is 161 Å². The summed E-state index contributed by atoms with van der Waals surface area (Å²) in [5, 5.41) is 12.0. The second kappa shape index (κ2) is 6.49. The Bertz CT molecular complexity index is 1160. The van der Waals surface area contributed by atoms with Crippen molar-refractivity contribution in [1.82, 2.24) is 29.9 Å². The zero-order valence-electron chi connectivity index (χ0n) is 15.7. The van der Waals surface area contributed by atoms with E-state index in [0.29, 0.717) is 23.5 Å². The first-order valence-corrected chi connectivity index (χ1v) is 9.34. The molecular weight excluding hydrogens is 357 g/mol. The molecule has 28 heavy (non-hydrogen) atoms. The molecule has 5 rings (SSSR count). The molecule has 7 nitrogen and oxygen atoms in total. The van der Waals surface area contributed by atoms with Gasteiger partial charge in [-0.05, 0) is 38.1 Å². The topological polar surface area (TPSA) is 71.2 Å². The number of aromatic nitrogens is 5. The molecule has 0 saturated carbocycles. The third kappa shape index (κ3) is 2.95. The van der Waals surface area contributed by atoms with Crippen LogP contribution in [-0.2, 0) is 0 Å². The van der Waals surface area contributed by atoms with E-state index in [1.54, 1.807) is 12.4 Å². The Morgan fingerprint density at radius 2 is 1.96 bits per heavy atom. The van der Waals surface area contributed by atoms with E-state index in [1.165, 1.54) is 22.5 Å². The van der Waals surface area contributed by atoms with Crippen molar-refractivity contribution in [1.29, 1.82) is 0 Å².